The second-order valence-electron chi connectivity index (χ2n) is 6.34. The molecular formula is C21H19NO6S2. The lowest BCUT2D eigenvalue weighted by Gasteiger charge is -2.14. The first-order valence-electron chi connectivity index (χ1n) is 8.93. The van der Waals surface area contributed by atoms with Gasteiger partial charge in [-0.2, -0.15) is 0 Å². The van der Waals surface area contributed by atoms with Crippen molar-refractivity contribution in [2.45, 2.75) is 6.42 Å². The number of carbonyl (C=O) groups is 2. The van der Waals surface area contributed by atoms with Crippen LogP contribution in [-0.2, 0) is 16.0 Å². The molecule has 2 aromatic carbocycles. The molecule has 0 unspecified atom stereocenters. The second-order valence-corrected chi connectivity index (χ2v) is 8.02. The van der Waals surface area contributed by atoms with Gasteiger partial charge < -0.3 is 19.7 Å². The standard InChI is InChI=1S/C21H19NO6S2/c1-27-17-10-14(4-7-16(17)28-12-19(24)25)11-18-20(26)22(21(29)30-18)9-8-13-2-5-15(23)6-3-13/h2-7,10-11,23H,8-9,12H2,1H3,(H,24,25)/b18-11+. The van der Waals surface area contributed by atoms with Crippen LogP contribution in [0.5, 0.6) is 17.2 Å². The number of carbonyl (C=O) groups excluding carboxylic acids is 1. The van der Waals surface area contributed by atoms with E-state index in [1.165, 1.54) is 18.9 Å². The molecule has 3 rings (SSSR count). The number of hydrogen-bond acceptors (Lipinski definition) is 7. The van der Waals surface area contributed by atoms with Crippen molar-refractivity contribution in [1.82, 2.24) is 4.90 Å². The zero-order chi connectivity index (χ0) is 21.7. The van der Waals surface area contributed by atoms with Gasteiger partial charge in [-0.25, -0.2) is 4.79 Å². The highest BCUT2D eigenvalue weighted by molar-refractivity contribution is 8.26. The number of benzene rings is 2. The van der Waals surface area contributed by atoms with Gasteiger partial charge >= 0.3 is 5.97 Å². The van der Waals surface area contributed by atoms with E-state index in [-0.39, 0.29) is 11.7 Å². The third-order valence-electron chi connectivity index (χ3n) is 4.27. The van der Waals surface area contributed by atoms with Crippen molar-refractivity contribution >= 4 is 46.3 Å². The van der Waals surface area contributed by atoms with Crippen molar-refractivity contribution in [3.05, 3.63) is 58.5 Å². The average Bonchev–Trinajstić information content (AvgIpc) is 2.99. The summed E-state index contributed by atoms with van der Waals surface area (Å²) >= 11 is 6.59. The molecule has 0 aromatic heterocycles. The molecule has 1 aliphatic rings. The van der Waals surface area contributed by atoms with Gasteiger partial charge in [0.05, 0.1) is 12.0 Å². The minimum atomic E-state index is -1.09. The number of thiocarbonyl (C=S) groups is 1. The van der Waals surface area contributed by atoms with Crippen LogP contribution in [0.1, 0.15) is 11.1 Å². The van der Waals surface area contributed by atoms with Crippen molar-refractivity contribution in [1.29, 1.82) is 0 Å². The fourth-order valence-corrected chi connectivity index (χ4v) is 4.09. The van der Waals surface area contributed by atoms with Gasteiger partial charge in [0.2, 0.25) is 0 Å². The number of aliphatic carboxylic acids is 1. The lowest BCUT2D eigenvalue weighted by atomic mass is 10.1. The summed E-state index contributed by atoms with van der Waals surface area (Å²) in [5.74, 6) is -0.389. The fraction of sp³-hybridized carbons (Fsp3) is 0.190. The van der Waals surface area contributed by atoms with Crippen LogP contribution in [0.25, 0.3) is 6.08 Å². The first kappa shape index (κ1) is 21.7. The highest BCUT2D eigenvalue weighted by atomic mass is 32.2. The number of nitrogens with zero attached hydrogens (tertiary/aromatic N) is 1. The van der Waals surface area contributed by atoms with E-state index >= 15 is 0 Å². The van der Waals surface area contributed by atoms with Crippen molar-refractivity contribution in [3.63, 3.8) is 0 Å². The Morgan fingerprint density at radius 2 is 1.93 bits per heavy atom. The molecular weight excluding hydrogens is 426 g/mol. The van der Waals surface area contributed by atoms with Crippen LogP contribution in [0.15, 0.2) is 47.4 Å². The molecule has 1 fully saturated rings. The van der Waals surface area contributed by atoms with E-state index < -0.39 is 12.6 Å². The molecule has 1 aliphatic heterocycles. The predicted octanol–water partition coefficient (Wildman–Crippen LogP) is 3.31. The number of carboxylic acids is 1. The number of carboxylic acid groups (broad SMARTS) is 1. The van der Waals surface area contributed by atoms with E-state index in [9.17, 15) is 14.7 Å². The SMILES string of the molecule is COc1cc(/C=C2/SC(=S)N(CCc3ccc(O)cc3)C2=O)ccc1OCC(=O)O. The van der Waals surface area contributed by atoms with Crippen molar-refractivity contribution < 1.29 is 29.3 Å². The minimum absolute atomic E-state index is 0.172. The van der Waals surface area contributed by atoms with Crippen LogP contribution < -0.4 is 9.47 Å². The van der Waals surface area contributed by atoms with Crippen LogP contribution in [0, 0.1) is 0 Å². The Kier molecular flexibility index (Phi) is 6.96. The van der Waals surface area contributed by atoms with Crippen LogP contribution in [-0.4, -0.2) is 51.6 Å². The molecule has 0 spiro atoms. The summed E-state index contributed by atoms with van der Waals surface area (Å²) in [5.41, 5.74) is 1.70. The van der Waals surface area contributed by atoms with E-state index in [0.717, 1.165) is 5.56 Å². The molecule has 0 bridgehead atoms. The second kappa shape index (κ2) is 9.64. The lowest BCUT2D eigenvalue weighted by Crippen LogP contribution is -2.30. The summed E-state index contributed by atoms with van der Waals surface area (Å²) in [4.78, 5) is 25.5. The number of amides is 1. The predicted molar refractivity (Wildman–Crippen MR) is 118 cm³/mol. The Morgan fingerprint density at radius 3 is 2.60 bits per heavy atom. The molecule has 0 radical (unpaired) electrons. The van der Waals surface area contributed by atoms with Crippen LogP contribution >= 0.6 is 24.0 Å². The molecule has 1 amide bonds. The lowest BCUT2D eigenvalue weighted by molar-refractivity contribution is -0.139. The number of thioether (sulfide) groups is 1. The Labute approximate surface area is 182 Å². The Hall–Kier alpha value is -3.04. The maximum Gasteiger partial charge on any atom is 0.341 e. The number of ether oxygens (including phenoxy) is 2. The summed E-state index contributed by atoms with van der Waals surface area (Å²) in [6.07, 6.45) is 2.33. The van der Waals surface area contributed by atoms with E-state index in [0.29, 0.717) is 39.3 Å². The molecule has 2 N–H and O–H groups in total. The summed E-state index contributed by atoms with van der Waals surface area (Å²) in [6.45, 7) is -0.0343. The molecule has 30 heavy (non-hydrogen) atoms. The minimum Gasteiger partial charge on any atom is -0.508 e. The Balaban J connectivity index is 1.71. The molecule has 7 nitrogen and oxygen atoms in total. The number of methoxy groups -OCH3 is 1. The summed E-state index contributed by atoms with van der Waals surface area (Å²) in [7, 11) is 1.45. The van der Waals surface area contributed by atoms with Gasteiger partial charge in [0, 0.05) is 6.54 Å². The Morgan fingerprint density at radius 1 is 1.20 bits per heavy atom. The van der Waals surface area contributed by atoms with Crippen molar-refractivity contribution in [2.75, 3.05) is 20.3 Å². The van der Waals surface area contributed by atoms with Gasteiger partial charge in [0.1, 0.15) is 10.1 Å². The average molecular weight is 446 g/mol. The monoisotopic (exact) mass is 445 g/mol. The molecule has 0 aliphatic carbocycles. The van der Waals surface area contributed by atoms with Gasteiger partial charge in [0.15, 0.2) is 18.1 Å². The van der Waals surface area contributed by atoms with Gasteiger partial charge in [-0.15, -0.1) is 0 Å². The highest BCUT2D eigenvalue weighted by Crippen LogP contribution is 2.35. The number of hydrogen-bond donors (Lipinski definition) is 2. The topological polar surface area (TPSA) is 96.3 Å². The third-order valence-corrected chi connectivity index (χ3v) is 5.65. The van der Waals surface area contributed by atoms with Gasteiger partial charge in [-0.3, -0.25) is 9.69 Å². The number of phenols is 1. The van der Waals surface area contributed by atoms with E-state index in [1.807, 2.05) is 12.1 Å². The molecule has 9 heteroatoms. The van der Waals surface area contributed by atoms with E-state index in [2.05, 4.69) is 0 Å². The molecule has 1 heterocycles. The summed E-state index contributed by atoms with van der Waals surface area (Å²) in [6, 6.07) is 11.8. The van der Waals surface area contributed by atoms with E-state index in [4.69, 9.17) is 26.8 Å². The van der Waals surface area contributed by atoms with Crippen LogP contribution in [0.2, 0.25) is 0 Å². The van der Waals surface area contributed by atoms with Crippen LogP contribution in [0.3, 0.4) is 0 Å². The molecule has 0 saturated carbocycles. The summed E-state index contributed by atoms with van der Waals surface area (Å²) in [5, 5.41) is 18.1. The van der Waals surface area contributed by atoms with Crippen molar-refractivity contribution in [2.24, 2.45) is 0 Å². The first-order chi connectivity index (χ1) is 14.4. The molecule has 156 valence electrons. The smallest absolute Gasteiger partial charge is 0.341 e. The number of rotatable bonds is 8. The maximum absolute atomic E-state index is 12.8. The number of aromatic hydroxyl groups is 1. The van der Waals surface area contributed by atoms with Crippen LogP contribution in [0.4, 0.5) is 0 Å². The maximum atomic E-state index is 12.8. The highest BCUT2D eigenvalue weighted by Gasteiger charge is 2.31. The zero-order valence-electron chi connectivity index (χ0n) is 16.0. The molecule has 1 saturated heterocycles. The molecule has 0 atom stereocenters. The zero-order valence-corrected chi connectivity index (χ0v) is 17.7. The first-order valence-corrected chi connectivity index (χ1v) is 10.2. The quantitative estimate of drug-likeness (QED) is 0.472. The van der Waals surface area contributed by atoms with Crippen molar-refractivity contribution in [3.8, 4) is 17.2 Å². The fourth-order valence-electron chi connectivity index (χ4n) is 2.78. The third kappa shape index (κ3) is 5.31. The Bertz CT molecular complexity index is 1000. The van der Waals surface area contributed by atoms with Gasteiger partial charge in [-0.1, -0.05) is 42.2 Å². The largest absolute Gasteiger partial charge is 0.508 e. The van der Waals surface area contributed by atoms with E-state index in [1.54, 1.807) is 41.3 Å². The summed E-state index contributed by atoms with van der Waals surface area (Å²) < 4.78 is 10.9. The van der Waals surface area contributed by atoms with Gasteiger partial charge in [-0.05, 0) is 47.9 Å². The number of phenolic OH excluding ortho intramolecular Hbond substituents is 1. The molecule has 2 aromatic rings. The van der Waals surface area contributed by atoms with Gasteiger partial charge in [0.25, 0.3) is 5.91 Å². The normalized spacial score (nSPS) is 15.0.